The lowest BCUT2D eigenvalue weighted by Crippen LogP contribution is -2.38. The van der Waals surface area contributed by atoms with Crippen LogP contribution in [0.15, 0.2) is 6.07 Å². The number of carbonyl (C=O) groups excluding carboxylic acids is 4. The van der Waals surface area contributed by atoms with Gasteiger partial charge < -0.3 is 11.5 Å². The van der Waals surface area contributed by atoms with Crippen molar-refractivity contribution < 1.29 is 28.0 Å². The van der Waals surface area contributed by atoms with E-state index in [4.69, 9.17) is 51.9 Å². The molecular formula is C27H30Cl3F2N7O4. The molecule has 1 aliphatic heterocycles. The third-order valence-corrected chi connectivity index (χ3v) is 7.66. The summed E-state index contributed by atoms with van der Waals surface area (Å²) in [7, 11) is 0. The third kappa shape index (κ3) is 9.19. The average molecular weight is 661 g/mol. The second-order valence-electron chi connectivity index (χ2n) is 10.3. The Bertz CT molecular complexity index is 1430. The van der Waals surface area contributed by atoms with Crippen molar-refractivity contribution in [1.29, 1.82) is 5.26 Å². The topological polar surface area (TPSA) is 176 Å². The second kappa shape index (κ2) is 15.2. The molecule has 0 unspecified atom stereocenters. The van der Waals surface area contributed by atoms with Gasteiger partial charge in [-0.1, -0.05) is 11.6 Å². The highest BCUT2D eigenvalue weighted by atomic mass is 35.5. The quantitative estimate of drug-likeness (QED) is 0.225. The van der Waals surface area contributed by atoms with Gasteiger partial charge in [-0.25, -0.2) is 28.0 Å². The molecule has 0 spiro atoms. The Hall–Kier alpha value is -3.60. The van der Waals surface area contributed by atoms with Crippen molar-refractivity contribution in [1.82, 2.24) is 18.8 Å². The Morgan fingerprint density at radius 3 is 1.86 bits per heavy atom. The maximum atomic E-state index is 13.6. The zero-order valence-electron chi connectivity index (χ0n) is 23.5. The van der Waals surface area contributed by atoms with Gasteiger partial charge in [-0.15, -0.1) is 0 Å². The minimum absolute atomic E-state index is 0.0118. The number of rotatable bonds is 6. The number of nitrogen functional groups attached to an aromatic ring is 2. The van der Waals surface area contributed by atoms with E-state index in [0.717, 1.165) is 30.1 Å². The number of nitrogens with zero attached hydrogens (tertiary/aromatic N) is 5. The fraction of sp³-hybridized carbons (Fsp3) is 0.444. The zero-order valence-corrected chi connectivity index (χ0v) is 25.8. The van der Waals surface area contributed by atoms with E-state index in [0.29, 0.717) is 47.4 Å². The lowest BCUT2D eigenvalue weighted by Gasteiger charge is -2.18. The normalized spacial score (nSPS) is 16.5. The van der Waals surface area contributed by atoms with Gasteiger partial charge in [-0.2, -0.15) is 9.68 Å². The first kappa shape index (κ1) is 35.6. The highest BCUT2D eigenvalue weighted by Gasteiger charge is 2.51. The Kier molecular flexibility index (Phi) is 12.6. The molecule has 4 N–H and O–H groups in total. The molecule has 0 atom stereocenters. The molecule has 2 saturated carbocycles. The van der Waals surface area contributed by atoms with Crippen molar-refractivity contribution in [2.45, 2.75) is 64.8 Å². The number of aldehydes is 2. The van der Waals surface area contributed by atoms with Crippen LogP contribution in [0, 0.1) is 34.8 Å². The summed E-state index contributed by atoms with van der Waals surface area (Å²) in [4.78, 5) is 50.9. The molecule has 43 heavy (non-hydrogen) atoms. The molecule has 2 aliphatic carbocycles. The van der Waals surface area contributed by atoms with Gasteiger partial charge in [-0.3, -0.25) is 14.4 Å². The van der Waals surface area contributed by atoms with Crippen molar-refractivity contribution in [3.8, 4) is 6.07 Å². The molecule has 5 rings (SSSR count). The van der Waals surface area contributed by atoms with Gasteiger partial charge in [0.25, 0.3) is 5.91 Å². The first-order valence-electron chi connectivity index (χ1n) is 12.9. The van der Waals surface area contributed by atoms with E-state index in [1.54, 1.807) is 6.07 Å². The SMILES string of the molecule is CC#N.CC1(C)C(=O)N(Cl)C(=O)N1Cl.Nc1c(F)c(CC2CC2)nc(C=O)c1Cl.Nc1cc(C=O)nc(CC2CC2)c1F. The fourth-order valence-electron chi connectivity index (χ4n) is 3.59. The molecule has 232 valence electrons. The van der Waals surface area contributed by atoms with Crippen molar-refractivity contribution in [2.75, 3.05) is 11.5 Å². The van der Waals surface area contributed by atoms with Crippen LogP contribution >= 0.6 is 35.2 Å². The smallest absolute Gasteiger partial charge is 0.357 e. The van der Waals surface area contributed by atoms with Gasteiger partial charge >= 0.3 is 6.03 Å². The first-order chi connectivity index (χ1) is 20.1. The molecule has 0 radical (unpaired) electrons. The van der Waals surface area contributed by atoms with Gasteiger partial charge in [0.2, 0.25) is 0 Å². The number of hydrogen-bond acceptors (Lipinski definition) is 9. The van der Waals surface area contributed by atoms with Crippen molar-refractivity contribution >= 4 is 71.0 Å². The molecule has 3 heterocycles. The molecule has 0 aromatic carbocycles. The summed E-state index contributed by atoms with van der Waals surface area (Å²) in [6.07, 6.45) is 6.62. The first-order valence-corrected chi connectivity index (χ1v) is 14.0. The molecule has 3 amide bonds. The van der Waals surface area contributed by atoms with E-state index in [-0.39, 0.29) is 33.5 Å². The number of imide groups is 1. The number of aromatic nitrogens is 2. The van der Waals surface area contributed by atoms with Gasteiger partial charge in [0.1, 0.15) is 16.9 Å². The standard InChI is InChI=1S/C10H10ClFN2O.C10H11FN2O.C5H6Cl2N2O2.C2H3N/c11-8-7(4-15)14-6(3-5-1-2-5)9(12)10(8)13;11-10-8(12)4-7(5-14)13-9(10)3-6-1-2-6;1-5(2)3(10)8(6)4(11)9(5)7;1-2-3/h4-5H,1-3H2,(H2,13,14);4-6H,1-3H2,(H2,12,13);1-2H3;1H3. The van der Waals surface area contributed by atoms with Gasteiger partial charge in [0, 0.05) is 30.5 Å². The Morgan fingerprint density at radius 1 is 1.02 bits per heavy atom. The number of halogens is 5. The van der Waals surface area contributed by atoms with Crippen LogP contribution in [0.3, 0.4) is 0 Å². The van der Waals surface area contributed by atoms with Crippen LogP contribution in [-0.4, -0.2) is 48.9 Å². The number of amides is 3. The second-order valence-corrected chi connectivity index (χ2v) is 11.4. The average Bonchev–Trinajstić information content (AvgIpc) is 3.91. The van der Waals surface area contributed by atoms with Crippen molar-refractivity contribution in [3.63, 3.8) is 0 Å². The molecule has 11 nitrogen and oxygen atoms in total. The number of urea groups is 1. The highest BCUT2D eigenvalue weighted by Crippen LogP contribution is 2.35. The number of carbonyl (C=O) groups is 4. The van der Waals surface area contributed by atoms with Gasteiger partial charge in [0.15, 0.2) is 24.2 Å². The monoisotopic (exact) mass is 659 g/mol. The van der Waals surface area contributed by atoms with Gasteiger partial charge in [0.05, 0.1) is 33.9 Å². The van der Waals surface area contributed by atoms with Crippen molar-refractivity contribution in [2.24, 2.45) is 11.8 Å². The van der Waals surface area contributed by atoms with Crippen LogP contribution in [0.2, 0.25) is 5.02 Å². The molecule has 3 fully saturated rings. The maximum absolute atomic E-state index is 13.6. The summed E-state index contributed by atoms with van der Waals surface area (Å²) in [5.74, 6) is -0.565. The van der Waals surface area contributed by atoms with Crippen LogP contribution < -0.4 is 11.5 Å². The van der Waals surface area contributed by atoms with E-state index >= 15 is 0 Å². The molecule has 3 aliphatic rings. The van der Waals surface area contributed by atoms with Crippen LogP contribution in [0.4, 0.5) is 25.0 Å². The number of hydrogen-bond donors (Lipinski definition) is 2. The van der Waals surface area contributed by atoms with E-state index in [9.17, 15) is 28.0 Å². The van der Waals surface area contributed by atoms with E-state index in [1.807, 2.05) is 0 Å². The van der Waals surface area contributed by atoms with E-state index in [1.165, 1.54) is 26.8 Å². The molecule has 16 heteroatoms. The largest absolute Gasteiger partial charge is 0.396 e. The van der Waals surface area contributed by atoms with Crippen LogP contribution in [-0.2, 0) is 17.6 Å². The summed E-state index contributed by atoms with van der Waals surface area (Å²) in [6, 6.07) is 2.31. The van der Waals surface area contributed by atoms with Crippen molar-refractivity contribution in [3.05, 3.63) is 45.5 Å². The number of nitrogens with two attached hydrogens (primary N) is 2. The molecule has 1 saturated heterocycles. The minimum atomic E-state index is -1.04. The summed E-state index contributed by atoms with van der Waals surface area (Å²) in [6.45, 7) is 4.46. The maximum Gasteiger partial charge on any atom is 0.357 e. The number of anilines is 2. The number of nitriles is 1. The summed E-state index contributed by atoms with van der Waals surface area (Å²) in [5.41, 5.74) is 10.5. The Balaban J connectivity index is 0.000000217. The summed E-state index contributed by atoms with van der Waals surface area (Å²) in [5, 5.41) is 7.22. The predicted octanol–water partition coefficient (Wildman–Crippen LogP) is 5.66. The predicted molar refractivity (Wildman–Crippen MR) is 157 cm³/mol. The van der Waals surface area contributed by atoms with Crippen LogP contribution in [0.1, 0.15) is 78.8 Å². The minimum Gasteiger partial charge on any atom is -0.396 e. The van der Waals surface area contributed by atoms with Gasteiger partial charge in [-0.05, 0) is 70.3 Å². The Labute approximate surface area is 262 Å². The fourth-order valence-corrected chi connectivity index (χ4v) is 4.23. The molecule has 0 bridgehead atoms. The summed E-state index contributed by atoms with van der Waals surface area (Å²) < 4.78 is 28.2. The Morgan fingerprint density at radius 2 is 1.51 bits per heavy atom. The van der Waals surface area contributed by atoms with Crippen LogP contribution in [0.5, 0.6) is 0 Å². The third-order valence-electron chi connectivity index (χ3n) is 6.40. The molecule has 2 aromatic heterocycles. The van der Waals surface area contributed by atoms with E-state index in [2.05, 4.69) is 9.97 Å². The van der Waals surface area contributed by atoms with E-state index < -0.39 is 29.1 Å². The zero-order chi connectivity index (χ0) is 32.6. The lowest BCUT2D eigenvalue weighted by atomic mass is 10.1. The molecule has 2 aromatic rings. The highest BCUT2D eigenvalue weighted by molar-refractivity contribution is 6.39. The lowest BCUT2D eigenvalue weighted by molar-refractivity contribution is -0.127. The number of pyridine rings is 2. The molecular weight excluding hydrogens is 631 g/mol. The van der Waals surface area contributed by atoms with Crippen LogP contribution in [0.25, 0.3) is 0 Å². The summed E-state index contributed by atoms with van der Waals surface area (Å²) >= 11 is 16.4.